The summed E-state index contributed by atoms with van der Waals surface area (Å²) in [6.07, 6.45) is 1.87. The van der Waals surface area contributed by atoms with Crippen molar-refractivity contribution in [2.75, 3.05) is 7.05 Å². The predicted octanol–water partition coefficient (Wildman–Crippen LogP) is 0.693. The van der Waals surface area contributed by atoms with Gasteiger partial charge in [-0.25, -0.2) is 0 Å². The minimum absolute atomic E-state index is 0.0249. The van der Waals surface area contributed by atoms with Gasteiger partial charge < -0.3 is 9.88 Å². The van der Waals surface area contributed by atoms with E-state index in [1.807, 2.05) is 30.8 Å². The maximum absolute atomic E-state index is 11.1. The van der Waals surface area contributed by atoms with E-state index < -0.39 is 0 Å². The third-order valence-corrected chi connectivity index (χ3v) is 1.86. The summed E-state index contributed by atoms with van der Waals surface area (Å²) < 4.78 is 1.92. The van der Waals surface area contributed by atoms with Gasteiger partial charge in [0, 0.05) is 26.0 Å². The third-order valence-electron chi connectivity index (χ3n) is 1.86. The van der Waals surface area contributed by atoms with Gasteiger partial charge in [-0.15, -0.1) is 0 Å². The average Bonchev–Trinajstić information content (AvgIpc) is 2.32. The SMILES string of the molecule is CNC(=O)c1ccn(C)c1C. The lowest BCUT2D eigenvalue weighted by Gasteiger charge is -1.99. The summed E-state index contributed by atoms with van der Waals surface area (Å²) in [6, 6.07) is 1.81. The van der Waals surface area contributed by atoms with E-state index in [4.69, 9.17) is 0 Å². The fourth-order valence-corrected chi connectivity index (χ4v) is 0.983. The molecule has 0 aliphatic carbocycles. The molecule has 0 aliphatic heterocycles. The van der Waals surface area contributed by atoms with E-state index in [1.54, 1.807) is 7.05 Å². The smallest absolute Gasteiger partial charge is 0.252 e. The Morgan fingerprint density at radius 2 is 2.27 bits per heavy atom. The van der Waals surface area contributed by atoms with Gasteiger partial charge in [0.1, 0.15) is 0 Å². The first kappa shape index (κ1) is 7.85. The zero-order valence-electron chi connectivity index (χ0n) is 7.01. The zero-order chi connectivity index (χ0) is 8.43. The number of carbonyl (C=O) groups is 1. The summed E-state index contributed by atoms with van der Waals surface area (Å²) in [5.41, 5.74) is 1.74. The number of amides is 1. The number of carbonyl (C=O) groups excluding carboxylic acids is 1. The molecule has 11 heavy (non-hydrogen) atoms. The largest absolute Gasteiger partial charge is 0.355 e. The highest BCUT2D eigenvalue weighted by molar-refractivity contribution is 5.95. The van der Waals surface area contributed by atoms with Gasteiger partial charge in [0.15, 0.2) is 0 Å². The fraction of sp³-hybridized carbons (Fsp3) is 0.375. The molecule has 0 bridgehead atoms. The van der Waals surface area contributed by atoms with Gasteiger partial charge in [0.2, 0.25) is 0 Å². The molecule has 1 N–H and O–H groups in total. The molecule has 0 unspecified atom stereocenters. The first-order valence-electron chi connectivity index (χ1n) is 3.51. The van der Waals surface area contributed by atoms with E-state index in [9.17, 15) is 4.79 Å². The molecule has 0 spiro atoms. The molecule has 3 heteroatoms. The van der Waals surface area contributed by atoms with Crippen molar-refractivity contribution in [3.63, 3.8) is 0 Å². The van der Waals surface area contributed by atoms with Crippen molar-refractivity contribution in [3.05, 3.63) is 23.5 Å². The number of aromatic nitrogens is 1. The van der Waals surface area contributed by atoms with Gasteiger partial charge >= 0.3 is 0 Å². The predicted molar refractivity (Wildman–Crippen MR) is 43.5 cm³/mol. The summed E-state index contributed by atoms with van der Waals surface area (Å²) in [5, 5.41) is 2.58. The van der Waals surface area contributed by atoms with Crippen LogP contribution in [0.5, 0.6) is 0 Å². The highest BCUT2D eigenvalue weighted by Crippen LogP contribution is 2.06. The van der Waals surface area contributed by atoms with Crippen LogP contribution in [0.25, 0.3) is 0 Å². The molecule has 0 saturated carbocycles. The maximum atomic E-state index is 11.1. The zero-order valence-corrected chi connectivity index (χ0v) is 7.01. The molecule has 1 heterocycles. The molecule has 60 valence electrons. The summed E-state index contributed by atoms with van der Waals surface area (Å²) in [6.45, 7) is 1.92. The van der Waals surface area contributed by atoms with Crippen LogP contribution < -0.4 is 5.32 Å². The number of hydrogen-bond acceptors (Lipinski definition) is 1. The van der Waals surface area contributed by atoms with Crippen molar-refractivity contribution in [3.8, 4) is 0 Å². The fourth-order valence-electron chi connectivity index (χ4n) is 0.983. The van der Waals surface area contributed by atoms with Crippen LogP contribution in [-0.2, 0) is 7.05 Å². The van der Waals surface area contributed by atoms with E-state index in [-0.39, 0.29) is 5.91 Å². The molecule has 0 aromatic carbocycles. The second-order valence-electron chi connectivity index (χ2n) is 2.50. The molecule has 1 amide bonds. The Balaban J connectivity index is 3.04. The monoisotopic (exact) mass is 152 g/mol. The van der Waals surface area contributed by atoms with Gasteiger partial charge in [0.25, 0.3) is 5.91 Å². The standard InChI is InChI=1S/C8H12N2O/c1-6-7(8(11)9-2)4-5-10(6)3/h4-5H,1-3H3,(H,9,11). The van der Waals surface area contributed by atoms with Gasteiger partial charge in [-0.3, -0.25) is 4.79 Å². The Morgan fingerprint density at radius 1 is 1.64 bits per heavy atom. The van der Waals surface area contributed by atoms with Crippen molar-refractivity contribution in [2.24, 2.45) is 7.05 Å². The van der Waals surface area contributed by atoms with Gasteiger partial charge in [0.05, 0.1) is 5.56 Å². The molecule has 1 aromatic heterocycles. The lowest BCUT2D eigenvalue weighted by atomic mass is 10.2. The van der Waals surface area contributed by atoms with Crippen LogP contribution in [0, 0.1) is 6.92 Å². The minimum Gasteiger partial charge on any atom is -0.355 e. The minimum atomic E-state index is -0.0249. The van der Waals surface area contributed by atoms with E-state index in [0.29, 0.717) is 0 Å². The van der Waals surface area contributed by atoms with Crippen molar-refractivity contribution >= 4 is 5.91 Å². The molecular formula is C8H12N2O. The second-order valence-corrected chi connectivity index (χ2v) is 2.50. The van der Waals surface area contributed by atoms with E-state index >= 15 is 0 Å². The lowest BCUT2D eigenvalue weighted by Crippen LogP contribution is -2.18. The number of rotatable bonds is 1. The molecule has 0 aliphatic rings. The van der Waals surface area contributed by atoms with E-state index in [1.165, 1.54) is 0 Å². The highest BCUT2D eigenvalue weighted by atomic mass is 16.1. The molecule has 0 fully saturated rings. The Kier molecular flexibility index (Phi) is 1.98. The Labute approximate surface area is 66.0 Å². The Hall–Kier alpha value is -1.25. The van der Waals surface area contributed by atoms with Crippen LogP contribution in [0.1, 0.15) is 16.1 Å². The molecular weight excluding hydrogens is 140 g/mol. The Bertz CT molecular complexity index is 276. The molecule has 0 saturated heterocycles. The summed E-state index contributed by atoms with van der Waals surface area (Å²) in [4.78, 5) is 11.1. The average molecular weight is 152 g/mol. The summed E-state index contributed by atoms with van der Waals surface area (Å²) >= 11 is 0. The van der Waals surface area contributed by atoms with Gasteiger partial charge in [-0.1, -0.05) is 0 Å². The van der Waals surface area contributed by atoms with Crippen LogP contribution >= 0.6 is 0 Å². The second kappa shape index (κ2) is 2.78. The number of nitrogens with zero attached hydrogens (tertiary/aromatic N) is 1. The number of hydrogen-bond donors (Lipinski definition) is 1. The van der Waals surface area contributed by atoms with E-state index in [0.717, 1.165) is 11.3 Å². The molecule has 1 rings (SSSR count). The van der Waals surface area contributed by atoms with Crippen LogP contribution in [0.2, 0.25) is 0 Å². The quantitative estimate of drug-likeness (QED) is 0.631. The topological polar surface area (TPSA) is 34.0 Å². The lowest BCUT2D eigenvalue weighted by molar-refractivity contribution is 0.0962. The third kappa shape index (κ3) is 1.27. The van der Waals surface area contributed by atoms with Crippen LogP contribution in [0.15, 0.2) is 12.3 Å². The first-order valence-corrected chi connectivity index (χ1v) is 3.51. The van der Waals surface area contributed by atoms with Crippen molar-refractivity contribution in [1.82, 2.24) is 9.88 Å². The summed E-state index contributed by atoms with van der Waals surface area (Å²) in [7, 11) is 3.55. The van der Waals surface area contributed by atoms with Gasteiger partial charge in [-0.05, 0) is 13.0 Å². The first-order chi connectivity index (χ1) is 5.16. The van der Waals surface area contributed by atoms with Gasteiger partial charge in [-0.2, -0.15) is 0 Å². The molecule has 0 radical (unpaired) electrons. The Morgan fingerprint density at radius 3 is 2.64 bits per heavy atom. The highest BCUT2D eigenvalue weighted by Gasteiger charge is 2.08. The van der Waals surface area contributed by atoms with Crippen molar-refractivity contribution in [1.29, 1.82) is 0 Å². The normalized spacial score (nSPS) is 9.73. The molecule has 3 nitrogen and oxygen atoms in total. The number of aryl methyl sites for hydroxylation is 1. The van der Waals surface area contributed by atoms with Crippen LogP contribution in [0.4, 0.5) is 0 Å². The van der Waals surface area contributed by atoms with Crippen molar-refractivity contribution in [2.45, 2.75) is 6.92 Å². The van der Waals surface area contributed by atoms with Crippen LogP contribution in [0.3, 0.4) is 0 Å². The number of nitrogens with one attached hydrogen (secondary N) is 1. The van der Waals surface area contributed by atoms with Crippen LogP contribution in [-0.4, -0.2) is 17.5 Å². The van der Waals surface area contributed by atoms with E-state index in [2.05, 4.69) is 5.32 Å². The molecule has 1 aromatic rings. The molecule has 0 atom stereocenters. The maximum Gasteiger partial charge on any atom is 0.252 e. The van der Waals surface area contributed by atoms with Crippen molar-refractivity contribution < 1.29 is 4.79 Å². The summed E-state index contributed by atoms with van der Waals surface area (Å²) in [5.74, 6) is -0.0249.